The first-order valence-electron chi connectivity index (χ1n) is 7.60. The number of ether oxygens (including phenoxy) is 1. The molecule has 7 nitrogen and oxygen atoms in total. The van der Waals surface area contributed by atoms with Gasteiger partial charge in [0.25, 0.3) is 0 Å². The minimum atomic E-state index is -0.762. The van der Waals surface area contributed by atoms with E-state index in [9.17, 15) is 14.7 Å². The average Bonchev–Trinajstić information content (AvgIpc) is 2.97. The lowest BCUT2D eigenvalue weighted by atomic mass is 10.1. The molecule has 3 rings (SSSR count). The van der Waals surface area contributed by atoms with Crippen LogP contribution in [0.1, 0.15) is 6.42 Å². The SMILES string of the molecule is CN1C2=CC(=O)C=CC2=CC1OCC(=O)/C=C1\C(=N)CC(O)N1C. The topological polar surface area (TPSA) is 93.9 Å². The predicted molar refractivity (Wildman–Crippen MR) is 87.0 cm³/mol. The third-order valence-electron chi connectivity index (χ3n) is 4.30. The zero-order valence-corrected chi connectivity index (χ0v) is 13.5. The number of ketones is 2. The monoisotopic (exact) mass is 329 g/mol. The molecule has 0 radical (unpaired) electrons. The molecule has 0 bridgehead atoms. The lowest BCUT2D eigenvalue weighted by Crippen LogP contribution is -2.30. The molecule has 2 heterocycles. The first-order chi connectivity index (χ1) is 11.4. The number of hydrogen-bond acceptors (Lipinski definition) is 7. The number of rotatable bonds is 4. The summed E-state index contributed by atoms with van der Waals surface area (Å²) in [7, 11) is 3.44. The summed E-state index contributed by atoms with van der Waals surface area (Å²) in [5.74, 6) is -0.352. The lowest BCUT2D eigenvalue weighted by molar-refractivity contribution is -0.122. The smallest absolute Gasteiger partial charge is 0.183 e. The van der Waals surface area contributed by atoms with Gasteiger partial charge in [0, 0.05) is 38.4 Å². The standard InChI is InChI=1S/C17H19N3O4/c1-19-15(13(18)8-16(19)23)7-12(22)9-24-17-5-10-3-4-11(21)6-14(10)20(17)2/h3-7,16-18,23H,8-9H2,1-2H3/b15-7+,18-13?. The van der Waals surface area contributed by atoms with E-state index in [4.69, 9.17) is 10.1 Å². The third-order valence-corrected chi connectivity index (χ3v) is 4.30. The quantitative estimate of drug-likeness (QED) is 0.723. The molecule has 1 aliphatic carbocycles. The van der Waals surface area contributed by atoms with Gasteiger partial charge >= 0.3 is 0 Å². The second kappa shape index (κ2) is 6.18. The summed E-state index contributed by atoms with van der Waals surface area (Å²) < 4.78 is 5.63. The van der Waals surface area contributed by atoms with Crippen molar-refractivity contribution in [3.05, 3.63) is 47.3 Å². The highest BCUT2D eigenvalue weighted by molar-refractivity contribution is 6.05. The Morgan fingerprint density at radius 1 is 1.42 bits per heavy atom. The highest BCUT2D eigenvalue weighted by atomic mass is 16.5. The highest BCUT2D eigenvalue weighted by Crippen LogP contribution is 2.29. The number of carbonyl (C=O) groups excluding carboxylic acids is 2. The summed E-state index contributed by atoms with van der Waals surface area (Å²) >= 11 is 0. The molecule has 2 aliphatic heterocycles. The molecule has 0 spiro atoms. The van der Waals surface area contributed by atoms with Gasteiger partial charge in [-0.3, -0.25) is 9.59 Å². The van der Waals surface area contributed by atoms with E-state index in [0.29, 0.717) is 5.70 Å². The molecule has 2 N–H and O–H groups in total. The van der Waals surface area contributed by atoms with Crippen LogP contribution in [0.25, 0.3) is 0 Å². The van der Waals surface area contributed by atoms with Crippen molar-refractivity contribution in [1.82, 2.24) is 9.80 Å². The van der Waals surface area contributed by atoms with Crippen molar-refractivity contribution in [3.63, 3.8) is 0 Å². The van der Waals surface area contributed by atoms with Crippen LogP contribution in [-0.4, -0.2) is 65.3 Å². The molecule has 2 unspecified atom stereocenters. The molecular weight excluding hydrogens is 310 g/mol. The molecule has 1 saturated heterocycles. The minimum absolute atomic E-state index is 0.0724. The van der Waals surface area contributed by atoms with Crippen LogP contribution in [0.5, 0.6) is 0 Å². The van der Waals surface area contributed by atoms with Crippen molar-refractivity contribution in [3.8, 4) is 0 Å². The number of nitrogens with zero attached hydrogens (tertiary/aromatic N) is 2. The fourth-order valence-electron chi connectivity index (χ4n) is 2.88. The average molecular weight is 329 g/mol. The molecule has 3 aliphatic rings. The van der Waals surface area contributed by atoms with Crippen molar-refractivity contribution in [1.29, 1.82) is 5.41 Å². The van der Waals surface area contributed by atoms with E-state index in [1.165, 1.54) is 23.1 Å². The van der Waals surface area contributed by atoms with Gasteiger partial charge in [0.1, 0.15) is 12.8 Å². The fourth-order valence-corrected chi connectivity index (χ4v) is 2.88. The van der Waals surface area contributed by atoms with Gasteiger partial charge in [-0.15, -0.1) is 0 Å². The Morgan fingerprint density at radius 3 is 2.83 bits per heavy atom. The lowest BCUT2D eigenvalue weighted by Gasteiger charge is -2.23. The van der Waals surface area contributed by atoms with Crippen LogP contribution in [0.2, 0.25) is 0 Å². The summed E-state index contributed by atoms with van der Waals surface area (Å²) in [6.07, 6.45) is 6.97. The number of hydrogen-bond donors (Lipinski definition) is 2. The Bertz CT molecular complexity index is 732. The van der Waals surface area contributed by atoms with Crippen molar-refractivity contribution in [2.75, 3.05) is 20.7 Å². The summed E-state index contributed by atoms with van der Waals surface area (Å²) in [6, 6.07) is 0. The molecule has 1 fully saturated rings. The largest absolute Gasteiger partial charge is 0.373 e. The first kappa shape index (κ1) is 16.4. The number of aliphatic hydroxyl groups excluding tert-OH is 1. The maximum absolute atomic E-state index is 12.1. The maximum Gasteiger partial charge on any atom is 0.183 e. The number of aliphatic hydroxyl groups is 1. The van der Waals surface area contributed by atoms with Crippen molar-refractivity contribution < 1.29 is 19.4 Å². The van der Waals surface area contributed by atoms with Gasteiger partial charge in [-0.1, -0.05) is 0 Å². The zero-order valence-electron chi connectivity index (χ0n) is 13.5. The molecule has 0 aromatic heterocycles. The van der Waals surface area contributed by atoms with Crippen molar-refractivity contribution in [2.24, 2.45) is 0 Å². The van der Waals surface area contributed by atoms with Crippen LogP contribution in [-0.2, 0) is 14.3 Å². The van der Waals surface area contributed by atoms with E-state index in [0.717, 1.165) is 11.3 Å². The van der Waals surface area contributed by atoms with Gasteiger partial charge in [0.05, 0.1) is 11.4 Å². The normalized spacial score (nSPS) is 27.7. The van der Waals surface area contributed by atoms with E-state index in [1.807, 2.05) is 6.08 Å². The predicted octanol–water partition coefficient (Wildman–Crippen LogP) is 0.350. The molecule has 2 atom stereocenters. The number of likely N-dealkylation sites (N-methyl/N-ethyl adjacent to an activating group) is 1. The number of likely N-dealkylation sites (tertiary alicyclic amines) is 1. The fraction of sp³-hybridized carbons (Fsp3) is 0.353. The number of carbonyl (C=O) groups is 2. The zero-order chi connectivity index (χ0) is 17.4. The van der Waals surface area contributed by atoms with E-state index in [2.05, 4.69) is 0 Å². The summed E-state index contributed by atoms with van der Waals surface area (Å²) in [5, 5.41) is 17.5. The molecule has 24 heavy (non-hydrogen) atoms. The summed E-state index contributed by atoms with van der Waals surface area (Å²) in [5.41, 5.74) is 2.32. The Balaban J connectivity index is 1.63. The third kappa shape index (κ3) is 2.95. The molecule has 0 amide bonds. The molecule has 0 saturated carbocycles. The number of fused-ring (bicyclic) bond motifs is 1. The van der Waals surface area contributed by atoms with Crippen molar-refractivity contribution >= 4 is 17.3 Å². The van der Waals surface area contributed by atoms with Gasteiger partial charge < -0.3 is 25.1 Å². The second-order valence-electron chi connectivity index (χ2n) is 5.97. The first-order valence-corrected chi connectivity index (χ1v) is 7.60. The molecule has 7 heteroatoms. The van der Waals surface area contributed by atoms with Crippen LogP contribution >= 0.6 is 0 Å². The van der Waals surface area contributed by atoms with Crippen LogP contribution in [0.4, 0.5) is 0 Å². The van der Waals surface area contributed by atoms with Gasteiger partial charge in [0.15, 0.2) is 17.8 Å². The molecular formula is C17H19N3O4. The highest BCUT2D eigenvalue weighted by Gasteiger charge is 2.30. The molecule has 126 valence electrons. The Hall–Kier alpha value is -2.51. The number of nitrogens with one attached hydrogen (secondary N) is 1. The van der Waals surface area contributed by atoms with E-state index >= 15 is 0 Å². The van der Waals surface area contributed by atoms with Crippen LogP contribution in [0.3, 0.4) is 0 Å². The summed E-state index contributed by atoms with van der Waals surface area (Å²) in [4.78, 5) is 26.8. The summed E-state index contributed by atoms with van der Waals surface area (Å²) in [6.45, 7) is -0.148. The van der Waals surface area contributed by atoms with Gasteiger partial charge in [-0.05, 0) is 23.8 Å². The van der Waals surface area contributed by atoms with E-state index in [1.54, 1.807) is 25.1 Å². The maximum atomic E-state index is 12.1. The minimum Gasteiger partial charge on any atom is -0.373 e. The Kier molecular flexibility index (Phi) is 4.21. The second-order valence-corrected chi connectivity index (χ2v) is 5.97. The molecule has 0 aromatic rings. The molecule has 0 aromatic carbocycles. The van der Waals surface area contributed by atoms with Gasteiger partial charge in [-0.2, -0.15) is 0 Å². The van der Waals surface area contributed by atoms with E-state index in [-0.39, 0.29) is 30.3 Å². The van der Waals surface area contributed by atoms with Gasteiger partial charge in [0.2, 0.25) is 0 Å². The van der Waals surface area contributed by atoms with Crippen LogP contribution < -0.4 is 0 Å². The van der Waals surface area contributed by atoms with Crippen LogP contribution in [0, 0.1) is 5.41 Å². The van der Waals surface area contributed by atoms with E-state index < -0.39 is 12.5 Å². The van der Waals surface area contributed by atoms with Crippen LogP contribution in [0.15, 0.2) is 47.3 Å². The van der Waals surface area contributed by atoms with Gasteiger partial charge in [-0.25, -0.2) is 0 Å². The Morgan fingerprint density at radius 2 is 2.17 bits per heavy atom. The van der Waals surface area contributed by atoms with Crippen molar-refractivity contribution in [2.45, 2.75) is 18.9 Å². The Labute approximate surface area is 139 Å². The number of allylic oxidation sites excluding steroid dienone is 4.